The first-order valence-corrected chi connectivity index (χ1v) is 6.05. The highest BCUT2D eigenvalue weighted by Gasteiger charge is 2.18. The molecular weight excluding hydrogens is 256 g/mol. The van der Waals surface area contributed by atoms with Gasteiger partial charge in [0.25, 0.3) is 11.5 Å². The number of nitrogens with two attached hydrogens (primary N) is 2. The Morgan fingerprint density at radius 2 is 2.11 bits per heavy atom. The second-order valence-corrected chi connectivity index (χ2v) is 4.82. The van der Waals surface area contributed by atoms with Gasteiger partial charge in [-0.25, -0.2) is 4.79 Å². The molecule has 8 heteroatoms. The number of carbonyl (C=O) groups excluding carboxylic acids is 1. The smallest absolute Gasteiger partial charge is 0.329 e. The molecular formula is C10H12N4O3S. The number of aromatic amines is 1. The van der Waals surface area contributed by atoms with Crippen molar-refractivity contribution in [3.05, 3.63) is 31.3 Å². The van der Waals surface area contributed by atoms with Gasteiger partial charge in [-0.15, -0.1) is 11.3 Å². The predicted molar refractivity (Wildman–Crippen MR) is 69.0 cm³/mol. The van der Waals surface area contributed by atoms with Crippen LogP contribution in [0.1, 0.15) is 15.2 Å². The van der Waals surface area contributed by atoms with E-state index in [9.17, 15) is 14.4 Å². The molecule has 0 aliphatic rings. The molecule has 2 aromatic rings. The van der Waals surface area contributed by atoms with Gasteiger partial charge in [0.1, 0.15) is 4.83 Å². The van der Waals surface area contributed by atoms with E-state index in [-0.39, 0.29) is 18.0 Å². The van der Waals surface area contributed by atoms with E-state index in [0.29, 0.717) is 15.8 Å². The maximum Gasteiger partial charge on any atom is 0.329 e. The van der Waals surface area contributed by atoms with Crippen LogP contribution in [0.2, 0.25) is 0 Å². The van der Waals surface area contributed by atoms with Gasteiger partial charge in [-0.1, -0.05) is 0 Å². The summed E-state index contributed by atoms with van der Waals surface area (Å²) >= 11 is 1.01. The van der Waals surface area contributed by atoms with Gasteiger partial charge in [0.15, 0.2) is 0 Å². The Labute approximate surface area is 105 Å². The highest BCUT2D eigenvalue weighted by Crippen LogP contribution is 2.25. The topological polar surface area (TPSA) is 124 Å². The van der Waals surface area contributed by atoms with E-state index < -0.39 is 17.2 Å². The summed E-state index contributed by atoms with van der Waals surface area (Å²) in [6, 6.07) is 0. The van der Waals surface area contributed by atoms with E-state index in [0.717, 1.165) is 15.9 Å². The van der Waals surface area contributed by atoms with Crippen LogP contribution in [0.15, 0.2) is 9.59 Å². The van der Waals surface area contributed by atoms with E-state index in [1.165, 1.54) is 0 Å². The van der Waals surface area contributed by atoms with Crippen LogP contribution in [0.25, 0.3) is 10.2 Å². The van der Waals surface area contributed by atoms with Crippen molar-refractivity contribution in [3.63, 3.8) is 0 Å². The fourth-order valence-electron chi connectivity index (χ4n) is 1.82. The fourth-order valence-corrected chi connectivity index (χ4v) is 2.86. The standard InChI is InChI=1S/C10H12N4O3S/c1-4-5-8(18-6(4)7(12)15)13-10(17)14(3-2-11)9(5)16/h2-3,11H2,1H3,(H2,12,15)(H,13,17). The average molecular weight is 268 g/mol. The summed E-state index contributed by atoms with van der Waals surface area (Å²) in [5.41, 5.74) is 10.1. The molecule has 0 fully saturated rings. The van der Waals surface area contributed by atoms with Crippen molar-refractivity contribution >= 4 is 27.5 Å². The molecule has 0 saturated carbocycles. The number of hydrogen-bond donors (Lipinski definition) is 3. The molecule has 0 unspecified atom stereocenters. The number of rotatable bonds is 3. The SMILES string of the molecule is Cc1c(C(N)=O)sc2[nH]c(=O)n(CCN)c(=O)c12. The molecule has 0 radical (unpaired) electrons. The lowest BCUT2D eigenvalue weighted by Gasteiger charge is -2.02. The Hall–Kier alpha value is -1.93. The highest BCUT2D eigenvalue weighted by molar-refractivity contribution is 7.20. The van der Waals surface area contributed by atoms with Gasteiger partial charge in [-0.05, 0) is 12.5 Å². The van der Waals surface area contributed by atoms with Crippen molar-refractivity contribution in [2.75, 3.05) is 6.54 Å². The second-order valence-electron chi connectivity index (χ2n) is 3.80. The molecule has 0 bridgehead atoms. The Bertz CT molecular complexity index is 740. The molecule has 2 heterocycles. The summed E-state index contributed by atoms with van der Waals surface area (Å²) in [5, 5.41) is 0.321. The van der Waals surface area contributed by atoms with Crippen LogP contribution >= 0.6 is 11.3 Å². The van der Waals surface area contributed by atoms with E-state index >= 15 is 0 Å². The molecule has 2 aromatic heterocycles. The summed E-state index contributed by atoms with van der Waals surface area (Å²) in [7, 11) is 0. The number of primary amides is 1. The number of hydrogen-bond acceptors (Lipinski definition) is 5. The zero-order valence-electron chi connectivity index (χ0n) is 9.65. The zero-order chi connectivity index (χ0) is 13.4. The number of nitrogens with zero attached hydrogens (tertiary/aromatic N) is 1. The zero-order valence-corrected chi connectivity index (χ0v) is 10.5. The summed E-state index contributed by atoms with van der Waals surface area (Å²) in [6.07, 6.45) is 0. The number of carbonyl (C=O) groups is 1. The molecule has 96 valence electrons. The molecule has 0 saturated heterocycles. The minimum Gasteiger partial charge on any atom is -0.365 e. The maximum atomic E-state index is 12.1. The lowest BCUT2D eigenvalue weighted by Crippen LogP contribution is -2.36. The van der Waals surface area contributed by atoms with Gasteiger partial charge >= 0.3 is 5.69 Å². The van der Waals surface area contributed by atoms with Gasteiger partial charge in [-0.3, -0.25) is 19.1 Å². The van der Waals surface area contributed by atoms with Crippen molar-refractivity contribution in [3.8, 4) is 0 Å². The predicted octanol–water partition coefficient (Wildman–Crippen LogP) is -0.883. The van der Waals surface area contributed by atoms with Crippen molar-refractivity contribution in [1.82, 2.24) is 9.55 Å². The normalized spacial score (nSPS) is 11.0. The number of aryl methyl sites for hydroxylation is 1. The quantitative estimate of drug-likeness (QED) is 0.668. The molecule has 7 nitrogen and oxygen atoms in total. The minimum atomic E-state index is -0.612. The molecule has 1 amide bonds. The van der Waals surface area contributed by atoms with E-state index in [1.54, 1.807) is 6.92 Å². The summed E-state index contributed by atoms with van der Waals surface area (Å²) < 4.78 is 1.02. The van der Waals surface area contributed by atoms with Crippen molar-refractivity contribution in [2.24, 2.45) is 11.5 Å². The van der Waals surface area contributed by atoms with Crippen LogP contribution in [0.3, 0.4) is 0 Å². The first-order chi connectivity index (χ1) is 8.47. The highest BCUT2D eigenvalue weighted by atomic mass is 32.1. The number of nitrogens with one attached hydrogen (secondary N) is 1. The summed E-state index contributed by atoms with van der Waals surface area (Å²) in [6.45, 7) is 1.94. The van der Waals surface area contributed by atoms with Crippen LogP contribution in [-0.2, 0) is 6.54 Å². The van der Waals surface area contributed by atoms with Crippen molar-refractivity contribution < 1.29 is 4.79 Å². The molecule has 2 rings (SSSR count). The van der Waals surface area contributed by atoms with Crippen molar-refractivity contribution in [2.45, 2.75) is 13.5 Å². The van der Waals surface area contributed by atoms with Crippen LogP contribution in [0.4, 0.5) is 0 Å². The molecule has 5 N–H and O–H groups in total. The number of thiophene rings is 1. The lowest BCUT2D eigenvalue weighted by atomic mass is 10.2. The van der Waals surface area contributed by atoms with Gasteiger partial charge in [0.05, 0.1) is 10.3 Å². The number of aromatic nitrogens is 2. The van der Waals surface area contributed by atoms with Crippen LogP contribution < -0.4 is 22.7 Å². The van der Waals surface area contributed by atoms with E-state index in [2.05, 4.69) is 4.98 Å². The fraction of sp³-hybridized carbons (Fsp3) is 0.300. The van der Waals surface area contributed by atoms with Crippen LogP contribution in [0, 0.1) is 6.92 Å². The van der Waals surface area contributed by atoms with E-state index in [4.69, 9.17) is 11.5 Å². The summed E-state index contributed by atoms with van der Waals surface area (Å²) in [4.78, 5) is 38.2. The Balaban J connectivity index is 2.89. The first kappa shape index (κ1) is 12.5. The molecule has 0 aromatic carbocycles. The molecule has 0 aliphatic heterocycles. The van der Waals surface area contributed by atoms with E-state index in [1.807, 2.05) is 0 Å². The molecule has 0 atom stereocenters. The minimum absolute atomic E-state index is 0.130. The monoisotopic (exact) mass is 268 g/mol. The Kier molecular flexibility index (Phi) is 3.05. The third kappa shape index (κ3) is 1.75. The Morgan fingerprint density at radius 3 is 2.67 bits per heavy atom. The maximum absolute atomic E-state index is 12.1. The number of amides is 1. The average Bonchev–Trinajstić information content (AvgIpc) is 2.62. The van der Waals surface area contributed by atoms with Gasteiger partial charge in [0.2, 0.25) is 0 Å². The molecule has 18 heavy (non-hydrogen) atoms. The first-order valence-electron chi connectivity index (χ1n) is 5.23. The summed E-state index contributed by atoms with van der Waals surface area (Å²) in [5.74, 6) is -0.612. The van der Waals surface area contributed by atoms with Crippen LogP contribution in [-0.4, -0.2) is 22.0 Å². The largest absolute Gasteiger partial charge is 0.365 e. The van der Waals surface area contributed by atoms with Gasteiger partial charge in [0, 0.05) is 13.1 Å². The third-order valence-electron chi connectivity index (χ3n) is 2.65. The third-order valence-corrected chi connectivity index (χ3v) is 3.87. The van der Waals surface area contributed by atoms with Crippen LogP contribution in [0.5, 0.6) is 0 Å². The van der Waals surface area contributed by atoms with Gasteiger partial charge in [-0.2, -0.15) is 0 Å². The number of fused-ring (bicyclic) bond motifs is 1. The Morgan fingerprint density at radius 1 is 1.44 bits per heavy atom. The molecule has 0 aliphatic carbocycles. The van der Waals surface area contributed by atoms with Crippen molar-refractivity contribution in [1.29, 1.82) is 0 Å². The second kappa shape index (κ2) is 4.39. The van der Waals surface area contributed by atoms with Gasteiger partial charge < -0.3 is 11.5 Å². The molecule has 0 spiro atoms. The number of H-pyrrole nitrogens is 1. The lowest BCUT2D eigenvalue weighted by molar-refractivity contribution is 0.100.